The van der Waals surface area contributed by atoms with Crippen LogP contribution in [0.5, 0.6) is 6.01 Å². The number of aromatic nitrogens is 6. The lowest BCUT2D eigenvalue weighted by molar-refractivity contribution is -0.0117. The van der Waals surface area contributed by atoms with Gasteiger partial charge >= 0.3 is 6.01 Å². The van der Waals surface area contributed by atoms with Gasteiger partial charge in [-0.2, -0.15) is 10.1 Å². The van der Waals surface area contributed by atoms with E-state index in [1.54, 1.807) is 22.0 Å². The lowest BCUT2D eigenvalue weighted by Crippen LogP contribution is -2.43. The lowest BCUT2D eigenvalue weighted by Gasteiger charge is -2.34. The summed E-state index contributed by atoms with van der Waals surface area (Å²) in [4.78, 5) is 15.2. The molecule has 0 bridgehead atoms. The van der Waals surface area contributed by atoms with Crippen molar-refractivity contribution < 1.29 is 18.0 Å². The van der Waals surface area contributed by atoms with Crippen LogP contribution in [0.4, 0.5) is 14.5 Å². The van der Waals surface area contributed by atoms with Gasteiger partial charge in [-0.15, -0.1) is 0 Å². The second-order valence-electron chi connectivity index (χ2n) is 8.80. The van der Waals surface area contributed by atoms with E-state index in [1.807, 2.05) is 14.0 Å². The Hall–Kier alpha value is -3.11. The fourth-order valence-corrected chi connectivity index (χ4v) is 4.14. The molecule has 0 amide bonds. The molecular weight excluding hydrogens is 432 g/mol. The van der Waals surface area contributed by atoms with Gasteiger partial charge in [-0.05, 0) is 36.8 Å². The Morgan fingerprint density at radius 1 is 1.24 bits per heavy atom. The number of rotatable bonds is 8. The van der Waals surface area contributed by atoms with Gasteiger partial charge in [0.05, 0.1) is 41.6 Å². The molecule has 0 spiro atoms. The van der Waals surface area contributed by atoms with Crippen molar-refractivity contribution >= 4 is 5.69 Å². The fraction of sp³-hybridized carbons (Fsp3) is 0.591. The van der Waals surface area contributed by atoms with Gasteiger partial charge in [0.1, 0.15) is 6.61 Å². The number of halogens is 2. The van der Waals surface area contributed by atoms with Crippen LogP contribution >= 0.6 is 0 Å². The third-order valence-corrected chi connectivity index (χ3v) is 6.16. The van der Waals surface area contributed by atoms with Crippen LogP contribution in [0.25, 0.3) is 11.4 Å². The van der Waals surface area contributed by atoms with E-state index in [9.17, 15) is 8.78 Å². The molecule has 0 atom stereocenters. The van der Waals surface area contributed by atoms with Gasteiger partial charge in [0.15, 0.2) is 5.82 Å². The number of aryl methyl sites for hydroxylation is 2. The van der Waals surface area contributed by atoms with Crippen molar-refractivity contribution in [1.29, 1.82) is 0 Å². The van der Waals surface area contributed by atoms with Crippen LogP contribution < -0.4 is 9.64 Å². The zero-order chi connectivity index (χ0) is 23.0. The summed E-state index contributed by atoms with van der Waals surface area (Å²) in [5, 5.41) is 8.22. The van der Waals surface area contributed by atoms with Crippen molar-refractivity contribution in [2.24, 2.45) is 13.0 Å². The molecule has 33 heavy (non-hydrogen) atoms. The predicted molar refractivity (Wildman–Crippen MR) is 115 cm³/mol. The molecule has 1 saturated heterocycles. The average Bonchev–Trinajstić information content (AvgIpc) is 3.37. The minimum atomic E-state index is -2.69. The molecule has 2 aliphatic rings. The van der Waals surface area contributed by atoms with Crippen LogP contribution in [-0.2, 0) is 26.5 Å². The van der Waals surface area contributed by atoms with Crippen molar-refractivity contribution in [3.05, 3.63) is 29.7 Å². The molecule has 0 unspecified atom stereocenters. The number of anilines is 1. The van der Waals surface area contributed by atoms with E-state index < -0.39 is 5.92 Å². The van der Waals surface area contributed by atoms with E-state index in [-0.39, 0.29) is 25.6 Å². The standard InChI is InChI=1S/C22H27F2N7O2/c1-3-16-17(31-8-4-7-22(23,24)13-31)11-25-20(27-16)15-10-26-30(2)18(15)12-32-21-28-19(33-29-21)9-14-5-6-14/h10-11,14H,3-9,12-13H2,1-2H3. The molecule has 5 rings (SSSR count). The summed E-state index contributed by atoms with van der Waals surface area (Å²) >= 11 is 0. The molecule has 1 aliphatic carbocycles. The van der Waals surface area contributed by atoms with Crippen LogP contribution in [-0.4, -0.2) is 48.9 Å². The molecule has 0 radical (unpaired) electrons. The quantitative estimate of drug-likeness (QED) is 0.504. The molecule has 0 N–H and O–H groups in total. The van der Waals surface area contributed by atoms with Gasteiger partial charge in [0.2, 0.25) is 5.89 Å². The number of hydrogen-bond donors (Lipinski definition) is 0. The Kier molecular flexibility index (Phi) is 5.71. The van der Waals surface area contributed by atoms with Gasteiger partial charge < -0.3 is 14.2 Å². The monoisotopic (exact) mass is 459 g/mol. The molecule has 1 aliphatic heterocycles. The van der Waals surface area contributed by atoms with Crippen molar-refractivity contribution in [2.75, 3.05) is 18.0 Å². The Bertz CT molecular complexity index is 1130. The maximum atomic E-state index is 13.9. The summed E-state index contributed by atoms with van der Waals surface area (Å²) in [7, 11) is 1.81. The fourth-order valence-electron chi connectivity index (χ4n) is 4.14. The second-order valence-corrected chi connectivity index (χ2v) is 8.80. The maximum absolute atomic E-state index is 13.9. The predicted octanol–water partition coefficient (Wildman–Crippen LogP) is 3.59. The molecule has 176 valence electrons. The summed E-state index contributed by atoms with van der Waals surface area (Å²) in [6.07, 6.45) is 7.49. The largest absolute Gasteiger partial charge is 0.455 e. The molecule has 9 nitrogen and oxygen atoms in total. The first-order chi connectivity index (χ1) is 15.9. The average molecular weight is 460 g/mol. The molecule has 11 heteroatoms. The van der Waals surface area contributed by atoms with Gasteiger partial charge in [-0.1, -0.05) is 6.92 Å². The van der Waals surface area contributed by atoms with E-state index in [0.29, 0.717) is 48.3 Å². The van der Waals surface area contributed by atoms with Crippen molar-refractivity contribution in [2.45, 2.75) is 58.0 Å². The molecule has 3 aromatic heterocycles. The van der Waals surface area contributed by atoms with Crippen LogP contribution in [0, 0.1) is 5.92 Å². The normalized spacial score (nSPS) is 18.0. The lowest BCUT2D eigenvalue weighted by atomic mass is 10.1. The van der Waals surface area contributed by atoms with E-state index in [1.165, 1.54) is 12.8 Å². The first-order valence-corrected chi connectivity index (χ1v) is 11.4. The number of nitrogens with zero attached hydrogens (tertiary/aromatic N) is 7. The highest BCUT2D eigenvalue weighted by molar-refractivity contribution is 5.60. The van der Waals surface area contributed by atoms with Crippen LogP contribution in [0.2, 0.25) is 0 Å². The highest BCUT2D eigenvalue weighted by Crippen LogP contribution is 2.33. The van der Waals surface area contributed by atoms with E-state index in [2.05, 4.69) is 20.2 Å². The van der Waals surface area contributed by atoms with E-state index in [0.717, 1.165) is 17.8 Å². The molecule has 3 aromatic rings. The first kappa shape index (κ1) is 21.7. The second kappa shape index (κ2) is 8.68. The summed E-state index contributed by atoms with van der Waals surface area (Å²) in [6.45, 7) is 2.40. The molecule has 2 fully saturated rings. The minimum absolute atomic E-state index is 0.0780. The van der Waals surface area contributed by atoms with Crippen LogP contribution in [0.15, 0.2) is 16.9 Å². The third-order valence-electron chi connectivity index (χ3n) is 6.16. The molecule has 1 saturated carbocycles. The summed E-state index contributed by atoms with van der Waals surface area (Å²) < 4.78 is 40.6. The van der Waals surface area contributed by atoms with Crippen LogP contribution in [0.1, 0.15) is 49.9 Å². The SMILES string of the molecule is CCc1nc(-c2cnn(C)c2COc2noc(CC3CC3)n2)ncc1N1CCCC(F)(F)C1. The van der Waals surface area contributed by atoms with Gasteiger partial charge in [0.25, 0.3) is 5.92 Å². The minimum Gasteiger partial charge on any atom is -0.455 e. The van der Waals surface area contributed by atoms with Crippen molar-refractivity contribution in [3.63, 3.8) is 0 Å². The number of ether oxygens (including phenoxy) is 1. The Morgan fingerprint density at radius 3 is 2.85 bits per heavy atom. The number of hydrogen-bond acceptors (Lipinski definition) is 8. The highest BCUT2D eigenvalue weighted by atomic mass is 19.3. The first-order valence-electron chi connectivity index (χ1n) is 11.4. The van der Waals surface area contributed by atoms with Gasteiger partial charge in [-0.3, -0.25) is 4.68 Å². The zero-order valence-electron chi connectivity index (χ0n) is 18.8. The molecular formula is C22H27F2N7O2. The molecule has 4 heterocycles. The Labute approximate surface area is 190 Å². The third kappa shape index (κ3) is 4.81. The van der Waals surface area contributed by atoms with Gasteiger partial charge in [-0.25, -0.2) is 18.7 Å². The number of alkyl halides is 2. The summed E-state index contributed by atoms with van der Waals surface area (Å²) in [6, 6.07) is 0.189. The number of piperidine rings is 1. The van der Waals surface area contributed by atoms with Crippen molar-refractivity contribution in [3.8, 4) is 17.4 Å². The maximum Gasteiger partial charge on any atom is 0.354 e. The zero-order valence-corrected chi connectivity index (χ0v) is 18.8. The van der Waals surface area contributed by atoms with Crippen LogP contribution in [0.3, 0.4) is 0 Å². The topological polar surface area (TPSA) is 95.0 Å². The Morgan fingerprint density at radius 2 is 2.09 bits per heavy atom. The molecule has 0 aromatic carbocycles. The summed E-state index contributed by atoms with van der Waals surface area (Å²) in [5.74, 6) is -0.976. The van der Waals surface area contributed by atoms with E-state index >= 15 is 0 Å². The smallest absolute Gasteiger partial charge is 0.354 e. The van der Waals surface area contributed by atoms with Crippen molar-refractivity contribution in [1.82, 2.24) is 29.9 Å². The van der Waals surface area contributed by atoms with Gasteiger partial charge in [0, 0.05) is 26.4 Å². The summed E-state index contributed by atoms with van der Waals surface area (Å²) in [5.41, 5.74) is 2.86. The highest BCUT2D eigenvalue weighted by Gasteiger charge is 2.36. The van der Waals surface area contributed by atoms with E-state index in [4.69, 9.17) is 14.2 Å². The Balaban J connectivity index is 1.34.